The first-order valence-electron chi connectivity index (χ1n) is 7.59. The van der Waals surface area contributed by atoms with Gasteiger partial charge in [0.15, 0.2) is 0 Å². The lowest BCUT2D eigenvalue weighted by Crippen LogP contribution is -2.39. The van der Waals surface area contributed by atoms with Gasteiger partial charge in [0.1, 0.15) is 0 Å². The monoisotopic (exact) mass is 277 g/mol. The highest BCUT2D eigenvalue weighted by molar-refractivity contribution is 5.79. The van der Waals surface area contributed by atoms with Gasteiger partial charge in [-0.1, -0.05) is 6.42 Å². The smallest absolute Gasteiger partial charge is 0.225 e. The Morgan fingerprint density at radius 3 is 3.10 bits per heavy atom. The van der Waals surface area contributed by atoms with Gasteiger partial charge in [-0.15, -0.1) is 0 Å². The molecule has 1 saturated carbocycles. The summed E-state index contributed by atoms with van der Waals surface area (Å²) in [4.78, 5) is 14.4. The second-order valence-corrected chi connectivity index (χ2v) is 6.29. The summed E-state index contributed by atoms with van der Waals surface area (Å²) in [6.45, 7) is 0.687. The first kappa shape index (κ1) is 13.6. The number of hydrogen-bond donors (Lipinski definition) is 2. The van der Waals surface area contributed by atoms with Crippen LogP contribution in [-0.2, 0) is 17.6 Å². The number of rotatable bonds is 3. The molecule has 2 aliphatic carbocycles. The molecule has 2 N–H and O–H groups in total. The number of H-pyrrole nitrogens is 1. The van der Waals surface area contributed by atoms with Gasteiger partial charge in [-0.3, -0.25) is 9.89 Å². The van der Waals surface area contributed by atoms with E-state index in [0.29, 0.717) is 6.54 Å². The SMILES string of the molecule is CN(CC1CCCC1O)C(=O)C1CCc2cn[nH]c2C1. The van der Waals surface area contributed by atoms with Crippen molar-refractivity contribution >= 4 is 5.91 Å². The molecule has 0 saturated heterocycles. The summed E-state index contributed by atoms with van der Waals surface area (Å²) in [7, 11) is 1.87. The summed E-state index contributed by atoms with van der Waals surface area (Å²) in [5, 5.41) is 16.9. The molecular formula is C15H23N3O2. The fourth-order valence-electron chi connectivity index (χ4n) is 3.60. The maximum absolute atomic E-state index is 12.5. The van der Waals surface area contributed by atoms with Gasteiger partial charge in [-0.2, -0.15) is 5.10 Å². The maximum atomic E-state index is 12.5. The second kappa shape index (κ2) is 5.56. The van der Waals surface area contributed by atoms with E-state index in [2.05, 4.69) is 10.2 Å². The summed E-state index contributed by atoms with van der Waals surface area (Å²) in [6, 6.07) is 0. The highest BCUT2D eigenvalue weighted by atomic mass is 16.3. The highest BCUT2D eigenvalue weighted by Gasteiger charge is 2.31. The average molecular weight is 277 g/mol. The minimum Gasteiger partial charge on any atom is -0.393 e. The Balaban J connectivity index is 1.58. The molecule has 1 fully saturated rings. The molecule has 1 heterocycles. The predicted octanol–water partition coefficient (Wildman–Crippen LogP) is 1.13. The van der Waals surface area contributed by atoms with Crippen LogP contribution in [0.25, 0.3) is 0 Å². The third kappa shape index (κ3) is 2.59. The number of nitrogens with zero attached hydrogens (tertiary/aromatic N) is 2. The van der Waals surface area contributed by atoms with Gasteiger partial charge >= 0.3 is 0 Å². The average Bonchev–Trinajstić information content (AvgIpc) is 3.06. The predicted molar refractivity (Wildman–Crippen MR) is 75.1 cm³/mol. The van der Waals surface area contributed by atoms with E-state index in [1.807, 2.05) is 18.1 Å². The molecule has 5 nitrogen and oxygen atoms in total. The van der Waals surface area contributed by atoms with E-state index in [9.17, 15) is 9.90 Å². The first-order valence-corrected chi connectivity index (χ1v) is 7.59. The number of aryl methyl sites for hydroxylation is 1. The lowest BCUT2D eigenvalue weighted by atomic mass is 9.87. The Morgan fingerprint density at radius 1 is 1.50 bits per heavy atom. The van der Waals surface area contributed by atoms with E-state index >= 15 is 0 Å². The van der Waals surface area contributed by atoms with Gasteiger partial charge < -0.3 is 10.0 Å². The van der Waals surface area contributed by atoms with Crippen LogP contribution in [0.15, 0.2) is 6.20 Å². The van der Waals surface area contributed by atoms with Crippen molar-refractivity contribution in [2.45, 2.75) is 44.6 Å². The second-order valence-electron chi connectivity index (χ2n) is 6.29. The van der Waals surface area contributed by atoms with Crippen molar-refractivity contribution in [2.24, 2.45) is 11.8 Å². The van der Waals surface area contributed by atoms with Gasteiger partial charge in [0, 0.05) is 37.5 Å². The number of amides is 1. The van der Waals surface area contributed by atoms with Gasteiger partial charge in [-0.25, -0.2) is 0 Å². The van der Waals surface area contributed by atoms with E-state index in [4.69, 9.17) is 0 Å². The molecular weight excluding hydrogens is 254 g/mol. The molecule has 0 aromatic carbocycles. The van der Waals surface area contributed by atoms with Crippen LogP contribution in [0.4, 0.5) is 0 Å². The minimum atomic E-state index is -0.226. The van der Waals surface area contributed by atoms with Crippen LogP contribution >= 0.6 is 0 Å². The van der Waals surface area contributed by atoms with Crippen LogP contribution in [0.5, 0.6) is 0 Å². The fraction of sp³-hybridized carbons (Fsp3) is 0.733. The summed E-state index contributed by atoms with van der Waals surface area (Å²) in [5.41, 5.74) is 2.37. The van der Waals surface area contributed by atoms with Crippen molar-refractivity contribution in [1.82, 2.24) is 15.1 Å². The summed E-state index contributed by atoms with van der Waals surface area (Å²) in [6.07, 6.45) is 7.25. The van der Waals surface area contributed by atoms with Gasteiger partial charge in [-0.05, 0) is 31.2 Å². The lowest BCUT2D eigenvalue weighted by Gasteiger charge is -2.29. The van der Waals surface area contributed by atoms with E-state index in [-0.39, 0.29) is 23.8 Å². The molecule has 0 bridgehead atoms. The van der Waals surface area contributed by atoms with Crippen molar-refractivity contribution in [3.8, 4) is 0 Å². The molecule has 3 rings (SSSR count). The maximum Gasteiger partial charge on any atom is 0.225 e. The lowest BCUT2D eigenvalue weighted by molar-refractivity contribution is -0.135. The van der Waals surface area contributed by atoms with Crippen LogP contribution in [0.3, 0.4) is 0 Å². The first-order chi connectivity index (χ1) is 9.65. The van der Waals surface area contributed by atoms with E-state index in [1.165, 1.54) is 5.56 Å². The normalized spacial score (nSPS) is 29.2. The van der Waals surface area contributed by atoms with Crippen LogP contribution < -0.4 is 0 Å². The van der Waals surface area contributed by atoms with Crippen LogP contribution in [0.1, 0.15) is 36.9 Å². The van der Waals surface area contributed by atoms with Crippen molar-refractivity contribution in [1.29, 1.82) is 0 Å². The van der Waals surface area contributed by atoms with E-state index in [1.54, 1.807) is 0 Å². The zero-order valence-corrected chi connectivity index (χ0v) is 12.0. The molecule has 1 aromatic heterocycles. The van der Waals surface area contributed by atoms with Crippen molar-refractivity contribution < 1.29 is 9.90 Å². The molecule has 1 amide bonds. The number of aromatic nitrogens is 2. The molecule has 3 unspecified atom stereocenters. The molecule has 2 aliphatic rings. The Kier molecular flexibility index (Phi) is 3.78. The summed E-state index contributed by atoms with van der Waals surface area (Å²) < 4.78 is 0. The van der Waals surface area contributed by atoms with Gasteiger partial charge in [0.2, 0.25) is 5.91 Å². The van der Waals surface area contributed by atoms with E-state index < -0.39 is 0 Å². The highest BCUT2D eigenvalue weighted by Crippen LogP contribution is 2.28. The van der Waals surface area contributed by atoms with Crippen molar-refractivity contribution in [3.63, 3.8) is 0 Å². The number of aliphatic hydroxyl groups is 1. The third-order valence-corrected chi connectivity index (χ3v) is 4.87. The largest absolute Gasteiger partial charge is 0.393 e. The van der Waals surface area contributed by atoms with Gasteiger partial charge in [0.05, 0.1) is 12.3 Å². The van der Waals surface area contributed by atoms with Crippen molar-refractivity contribution in [2.75, 3.05) is 13.6 Å². The van der Waals surface area contributed by atoms with Crippen LogP contribution in [0, 0.1) is 11.8 Å². The number of carbonyl (C=O) groups excluding carboxylic acids is 1. The van der Waals surface area contributed by atoms with Crippen LogP contribution in [0.2, 0.25) is 0 Å². The Morgan fingerprint density at radius 2 is 2.35 bits per heavy atom. The number of hydrogen-bond acceptors (Lipinski definition) is 3. The summed E-state index contributed by atoms with van der Waals surface area (Å²) >= 11 is 0. The molecule has 3 atom stereocenters. The molecule has 110 valence electrons. The zero-order chi connectivity index (χ0) is 14.1. The molecule has 5 heteroatoms. The minimum absolute atomic E-state index is 0.0616. The molecule has 0 spiro atoms. The number of nitrogens with one attached hydrogen (secondary N) is 1. The zero-order valence-electron chi connectivity index (χ0n) is 12.0. The molecule has 1 aromatic rings. The number of aliphatic hydroxyl groups excluding tert-OH is 1. The summed E-state index contributed by atoms with van der Waals surface area (Å²) in [5.74, 6) is 0.533. The standard InChI is InChI=1S/C15H23N3O2/c1-18(9-12-3-2-4-14(12)19)15(20)10-5-6-11-8-16-17-13(11)7-10/h8,10,12,14,19H,2-7,9H2,1H3,(H,16,17). The van der Waals surface area contributed by atoms with Gasteiger partial charge in [0.25, 0.3) is 0 Å². The quantitative estimate of drug-likeness (QED) is 0.870. The molecule has 0 radical (unpaired) electrons. The number of aromatic amines is 1. The Labute approximate surface area is 119 Å². The van der Waals surface area contributed by atoms with Crippen LogP contribution in [-0.4, -0.2) is 45.8 Å². The van der Waals surface area contributed by atoms with Crippen molar-refractivity contribution in [3.05, 3.63) is 17.5 Å². The molecule has 20 heavy (non-hydrogen) atoms. The number of carbonyl (C=O) groups is 1. The Bertz CT molecular complexity index is 485. The third-order valence-electron chi connectivity index (χ3n) is 4.87. The van der Waals surface area contributed by atoms with E-state index in [0.717, 1.165) is 44.2 Å². The Hall–Kier alpha value is -1.36. The fourth-order valence-corrected chi connectivity index (χ4v) is 3.60. The molecule has 0 aliphatic heterocycles. The topological polar surface area (TPSA) is 69.2 Å². The number of fused-ring (bicyclic) bond motifs is 1.